The molecule has 2 heterocycles. The van der Waals surface area contributed by atoms with Crippen molar-refractivity contribution in [2.24, 2.45) is 0 Å². The average molecular weight is 464 g/mol. The Morgan fingerprint density at radius 3 is 2.75 bits per heavy atom. The van der Waals surface area contributed by atoms with E-state index in [1.807, 2.05) is 36.4 Å². The normalized spacial score (nSPS) is 11.2. The van der Waals surface area contributed by atoms with Crippen LogP contribution in [0.4, 0.5) is 0 Å². The summed E-state index contributed by atoms with van der Waals surface area (Å²) in [4.78, 5) is 4.28. The number of aryl methyl sites for hydroxylation is 2. The van der Waals surface area contributed by atoms with Gasteiger partial charge >= 0.3 is 0 Å². The van der Waals surface area contributed by atoms with Crippen molar-refractivity contribution in [2.75, 3.05) is 0 Å². The predicted octanol–water partition coefficient (Wildman–Crippen LogP) is 4.43. The molecule has 3 rings (SSSR count). The van der Waals surface area contributed by atoms with Crippen LogP contribution in [0, 0.1) is 17.4 Å². The van der Waals surface area contributed by atoms with Gasteiger partial charge in [0.15, 0.2) is 16.6 Å². The maximum absolute atomic E-state index is 6.16. The zero-order chi connectivity index (χ0) is 14.4. The molecule has 0 atom stereocenters. The van der Waals surface area contributed by atoms with Crippen LogP contribution in [-0.2, 0) is 0 Å². The van der Waals surface area contributed by atoms with Crippen LogP contribution in [0.15, 0.2) is 22.7 Å². The summed E-state index contributed by atoms with van der Waals surface area (Å²) in [6.45, 7) is 3.92. The Morgan fingerprint density at radius 2 is 2.00 bits per heavy atom. The molecule has 0 saturated heterocycles. The van der Waals surface area contributed by atoms with Gasteiger partial charge in [-0.1, -0.05) is 27.5 Å². The third-order valence-electron chi connectivity index (χ3n) is 3.14. The second kappa shape index (κ2) is 5.23. The van der Waals surface area contributed by atoms with Crippen molar-refractivity contribution >= 4 is 55.8 Å². The van der Waals surface area contributed by atoms with E-state index in [9.17, 15) is 0 Å². The smallest absolute Gasteiger partial charge is 0.199 e. The third-order valence-corrected chi connectivity index (χ3v) is 4.83. The molecular weight excluding hydrogens is 454 g/mol. The number of fused-ring (bicyclic) bond motifs is 1. The van der Waals surface area contributed by atoms with Crippen molar-refractivity contribution in [3.05, 3.63) is 42.8 Å². The van der Waals surface area contributed by atoms with E-state index in [4.69, 9.17) is 11.6 Å². The van der Waals surface area contributed by atoms with Crippen LogP contribution in [0.2, 0.25) is 5.15 Å². The minimum absolute atomic E-state index is 0.372. The summed E-state index contributed by atoms with van der Waals surface area (Å²) in [6, 6.07) is 6.06. The van der Waals surface area contributed by atoms with Gasteiger partial charge in [0, 0.05) is 19.3 Å². The number of benzene rings is 1. The maximum Gasteiger partial charge on any atom is 0.199 e. The van der Waals surface area contributed by atoms with E-state index in [-0.39, 0.29) is 0 Å². The standard InChI is InChI=1S/C13H9BrClIN4/c1-6-7(2)20-12(18-19-13(20)11(15)17-6)9-5-8(14)3-4-10(9)16/h3-5H,1-2H3. The lowest BCUT2D eigenvalue weighted by molar-refractivity contribution is 0.999. The van der Waals surface area contributed by atoms with Gasteiger partial charge < -0.3 is 0 Å². The largest absolute Gasteiger partial charge is 0.275 e. The summed E-state index contributed by atoms with van der Waals surface area (Å²) in [5.74, 6) is 0.774. The first kappa shape index (κ1) is 14.2. The Labute approximate surface area is 142 Å². The van der Waals surface area contributed by atoms with Gasteiger partial charge in [0.25, 0.3) is 0 Å². The maximum atomic E-state index is 6.16. The number of hydrogen-bond donors (Lipinski definition) is 0. The highest BCUT2D eigenvalue weighted by Crippen LogP contribution is 2.29. The molecule has 1 aromatic carbocycles. The monoisotopic (exact) mass is 462 g/mol. The van der Waals surface area contributed by atoms with Crippen LogP contribution >= 0.6 is 50.1 Å². The van der Waals surface area contributed by atoms with Gasteiger partial charge in [-0.05, 0) is 54.6 Å². The molecular formula is C13H9BrClIN4. The first-order valence-electron chi connectivity index (χ1n) is 5.82. The van der Waals surface area contributed by atoms with E-state index in [0.717, 1.165) is 30.8 Å². The lowest BCUT2D eigenvalue weighted by Gasteiger charge is -2.08. The number of hydrogen-bond acceptors (Lipinski definition) is 3. The summed E-state index contributed by atoms with van der Waals surface area (Å²) in [6.07, 6.45) is 0. The molecule has 3 aromatic rings. The molecule has 0 aliphatic carbocycles. The van der Waals surface area contributed by atoms with Crippen LogP contribution in [0.3, 0.4) is 0 Å². The second-order valence-corrected chi connectivity index (χ2v) is 6.82. The van der Waals surface area contributed by atoms with Gasteiger partial charge in [0.05, 0.1) is 5.69 Å². The van der Waals surface area contributed by atoms with Crippen molar-refractivity contribution < 1.29 is 0 Å². The van der Waals surface area contributed by atoms with Gasteiger partial charge in [0.2, 0.25) is 0 Å². The zero-order valence-corrected chi connectivity index (χ0v) is 15.2. The lowest BCUT2D eigenvalue weighted by Crippen LogP contribution is -2.01. The third kappa shape index (κ3) is 2.23. The van der Waals surface area contributed by atoms with E-state index < -0.39 is 0 Å². The van der Waals surface area contributed by atoms with Gasteiger partial charge in [-0.25, -0.2) is 4.98 Å². The summed E-state index contributed by atoms with van der Waals surface area (Å²) in [7, 11) is 0. The average Bonchev–Trinajstić information content (AvgIpc) is 2.84. The van der Waals surface area contributed by atoms with E-state index in [1.54, 1.807) is 0 Å². The van der Waals surface area contributed by atoms with Crippen LogP contribution in [0.25, 0.3) is 17.0 Å². The molecule has 0 bridgehead atoms. The first-order chi connectivity index (χ1) is 9.49. The molecule has 0 aliphatic rings. The van der Waals surface area contributed by atoms with Crippen LogP contribution in [0.1, 0.15) is 11.4 Å². The van der Waals surface area contributed by atoms with Gasteiger partial charge in [0.1, 0.15) is 0 Å². The van der Waals surface area contributed by atoms with E-state index in [0.29, 0.717) is 10.8 Å². The van der Waals surface area contributed by atoms with Gasteiger partial charge in [-0.15, -0.1) is 10.2 Å². The minimum atomic E-state index is 0.372. The Balaban J connectivity index is 2.41. The Kier molecular flexibility index (Phi) is 3.72. The molecule has 0 aliphatic heterocycles. The highest BCUT2D eigenvalue weighted by atomic mass is 127. The van der Waals surface area contributed by atoms with Crippen molar-refractivity contribution in [1.82, 2.24) is 19.6 Å². The molecule has 0 fully saturated rings. The highest BCUT2D eigenvalue weighted by Gasteiger charge is 2.17. The number of rotatable bonds is 1. The molecule has 0 amide bonds. The molecule has 20 heavy (non-hydrogen) atoms. The van der Waals surface area contributed by atoms with Crippen LogP contribution in [-0.4, -0.2) is 19.6 Å². The van der Waals surface area contributed by atoms with Crippen molar-refractivity contribution in [1.29, 1.82) is 0 Å². The van der Waals surface area contributed by atoms with Crippen LogP contribution in [0.5, 0.6) is 0 Å². The summed E-state index contributed by atoms with van der Waals surface area (Å²) in [5, 5.41) is 8.83. The number of halogens is 3. The summed E-state index contributed by atoms with van der Waals surface area (Å²) < 4.78 is 4.05. The molecule has 0 saturated carbocycles. The molecule has 2 aromatic heterocycles. The fourth-order valence-corrected chi connectivity index (χ4v) is 3.21. The topological polar surface area (TPSA) is 43.1 Å². The Hall–Kier alpha value is -0.730. The van der Waals surface area contributed by atoms with Crippen molar-refractivity contribution in [2.45, 2.75) is 13.8 Å². The van der Waals surface area contributed by atoms with E-state index >= 15 is 0 Å². The molecule has 0 spiro atoms. The molecule has 0 unspecified atom stereocenters. The van der Waals surface area contributed by atoms with Crippen molar-refractivity contribution in [3.8, 4) is 11.4 Å². The predicted molar refractivity (Wildman–Crippen MR) is 91.1 cm³/mol. The molecule has 102 valence electrons. The van der Waals surface area contributed by atoms with Crippen LogP contribution < -0.4 is 0 Å². The molecule has 0 N–H and O–H groups in total. The molecule has 0 radical (unpaired) electrons. The zero-order valence-electron chi connectivity index (χ0n) is 10.7. The summed E-state index contributed by atoms with van der Waals surface area (Å²) >= 11 is 11.9. The Morgan fingerprint density at radius 1 is 1.25 bits per heavy atom. The van der Waals surface area contributed by atoms with Gasteiger partial charge in [-0.2, -0.15) is 0 Å². The minimum Gasteiger partial charge on any atom is -0.275 e. The Bertz CT molecular complexity index is 831. The summed E-state index contributed by atoms with van der Waals surface area (Å²) in [5.41, 5.74) is 3.45. The van der Waals surface area contributed by atoms with Crippen molar-refractivity contribution in [3.63, 3.8) is 0 Å². The fourth-order valence-electron chi connectivity index (χ4n) is 2.02. The molecule has 7 heteroatoms. The second-order valence-electron chi connectivity index (χ2n) is 4.38. The van der Waals surface area contributed by atoms with Gasteiger partial charge in [-0.3, -0.25) is 4.40 Å². The fraction of sp³-hybridized carbons (Fsp3) is 0.154. The first-order valence-corrected chi connectivity index (χ1v) is 8.07. The lowest BCUT2D eigenvalue weighted by atomic mass is 10.2. The number of aromatic nitrogens is 4. The molecule has 4 nitrogen and oxygen atoms in total. The highest BCUT2D eigenvalue weighted by molar-refractivity contribution is 14.1. The van der Waals surface area contributed by atoms with E-state index in [1.165, 1.54) is 0 Å². The number of nitrogens with zero attached hydrogens (tertiary/aromatic N) is 4. The SMILES string of the molecule is Cc1nc(Cl)c2nnc(-c3cc(Br)ccc3I)n2c1C. The quantitative estimate of drug-likeness (QED) is 0.502. The van der Waals surface area contributed by atoms with E-state index in [2.05, 4.69) is 53.7 Å².